The van der Waals surface area contributed by atoms with Crippen LogP contribution in [-0.2, 0) is 4.79 Å². The maximum atomic E-state index is 13.2. The van der Waals surface area contributed by atoms with Crippen molar-refractivity contribution in [1.29, 1.82) is 0 Å². The van der Waals surface area contributed by atoms with E-state index in [0.717, 1.165) is 12.2 Å². The summed E-state index contributed by atoms with van der Waals surface area (Å²) in [5, 5.41) is 0.865. The second-order valence-corrected chi connectivity index (χ2v) is 4.96. The first kappa shape index (κ1) is 24.3. The third-order valence-electron chi connectivity index (χ3n) is 2.86. The lowest BCUT2D eigenvalue weighted by Crippen LogP contribution is -2.71. The third kappa shape index (κ3) is 3.56. The molecule has 154 valence electrons. The molecule has 0 heterocycles. The van der Waals surface area contributed by atoms with Crippen molar-refractivity contribution in [1.82, 2.24) is 5.32 Å². The minimum atomic E-state index is -7.95. The summed E-state index contributed by atoms with van der Waals surface area (Å²) in [5.74, 6) is -39.0. The SMILES string of the molecule is C=C(C)C(=O)NCC(F)(F)C(F)(F)C(F)(F)C(F)(F)C(F)(F)C(F)(F)F. The molecule has 0 atom stereocenters. The molecule has 0 aromatic heterocycles. The molecule has 0 radical (unpaired) electrons. The van der Waals surface area contributed by atoms with Crippen molar-refractivity contribution in [2.75, 3.05) is 6.54 Å². The van der Waals surface area contributed by atoms with Crippen molar-refractivity contribution in [2.45, 2.75) is 42.7 Å². The van der Waals surface area contributed by atoms with Crippen LogP contribution >= 0.6 is 0 Å². The van der Waals surface area contributed by atoms with Crippen molar-refractivity contribution >= 4 is 5.91 Å². The first-order chi connectivity index (χ1) is 11.1. The van der Waals surface area contributed by atoms with E-state index in [1.54, 1.807) is 0 Å². The number of halogens is 13. The lowest BCUT2D eigenvalue weighted by atomic mass is 9.94. The maximum Gasteiger partial charge on any atom is 0.460 e. The van der Waals surface area contributed by atoms with Crippen LogP contribution in [0.5, 0.6) is 0 Å². The number of carbonyl (C=O) groups excluding carboxylic acids is 1. The zero-order valence-corrected chi connectivity index (χ0v) is 12.2. The van der Waals surface area contributed by atoms with E-state index in [9.17, 15) is 61.9 Å². The molecule has 26 heavy (non-hydrogen) atoms. The normalized spacial score (nSPS) is 15.0. The number of alkyl halides is 13. The zero-order chi connectivity index (χ0) is 21.6. The largest absolute Gasteiger partial charge is 0.460 e. The smallest absolute Gasteiger partial charge is 0.346 e. The van der Waals surface area contributed by atoms with Crippen LogP contribution in [0.25, 0.3) is 0 Å². The highest BCUT2D eigenvalue weighted by molar-refractivity contribution is 5.92. The average Bonchev–Trinajstić information content (AvgIpc) is 2.42. The van der Waals surface area contributed by atoms with Crippen molar-refractivity contribution in [3.05, 3.63) is 12.2 Å². The Morgan fingerprint density at radius 3 is 1.38 bits per heavy atom. The van der Waals surface area contributed by atoms with Crippen molar-refractivity contribution in [3.63, 3.8) is 0 Å². The van der Waals surface area contributed by atoms with Crippen molar-refractivity contribution < 1.29 is 61.9 Å². The van der Waals surface area contributed by atoms with E-state index in [0.29, 0.717) is 0 Å². The molecule has 0 aliphatic rings. The van der Waals surface area contributed by atoms with Gasteiger partial charge in [-0.15, -0.1) is 0 Å². The van der Waals surface area contributed by atoms with Gasteiger partial charge in [0.15, 0.2) is 0 Å². The molecule has 0 saturated heterocycles. The lowest BCUT2D eigenvalue weighted by Gasteiger charge is -2.39. The molecule has 0 aromatic rings. The molecule has 0 aromatic carbocycles. The molecular formula is C11H8F13NO. The number of hydrogen-bond acceptors (Lipinski definition) is 1. The van der Waals surface area contributed by atoms with E-state index in [4.69, 9.17) is 0 Å². The summed E-state index contributed by atoms with van der Waals surface area (Å²) in [6, 6.07) is 0. The molecule has 15 heteroatoms. The summed E-state index contributed by atoms with van der Waals surface area (Å²) in [6.45, 7) is 0.877. The van der Waals surface area contributed by atoms with E-state index in [1.165, 1.54) is 0 Å². The molecular weight excluding hydrogens is 409 g/mol. The van der Waals surface area contributed by atoms with E-state index >= 15 is 0 Å². The molecule has 1 amide bonds. The number of rotatable bonds is 7. The van der Waals surface area contributed by atoms with E-state index in [-0.39, 0.29) is 0 Å². The minimum absolute atomic E-state index is 0.621. The van der Waals surface area contributed by atoms with Gasteiger partial charge in [-0.05, 0) is 6.92 Å². The molecule has 0 rings (SSSR count). The van der Waals surface area contributed by atoms with Crippen LogP contribution in [0.2, 0.25) is 0 Å². The van der Waals surface area contributed by atoms with Gasteiger partial charge in [0.2, 0.25) is 5.91 Å². The van der Waals surface area contributed by atoms with Crippen LogP contribution in [0.3, 0.4) is 0 Å². The van der Waals surface area contributed by atoms with Gasteiger partial charge in [-0.3, -0.25) is 4.79 Å². The number of hydrogen-bond donors (Lipinski definition) is 1. The molecule has 0 fully saturated rings. The van der Waals surface area contributed by atoms with Crippen molar-refractivity contribution in [2.24, 2.45) is 0 Å². The van der Waals surface area contributed by atoms with Crippen LogP contribution < -0.4 is 5.32 Å². The molecule has 0 aliphatic heterocycles. The summed E-state index contributed by atoms with van der Waals surface area (Å²) in [4.78, 5) is 10.9. The Labute approximate surface area is 136 Å². The highest BCUT2D eigenvalue weighted by Crippen LogP contribution is 2.60. The number of carbonyl (C=O) groups is 1. The van der Waals surface area contributed by atoms with Crippen molar-refractivity contribution in [3.8, 4) is 0 Å². The number of nitrogens with one attached hydrogen (secondary N) is 1. The Kier molecular flexibility index (Phi) is 6.05. The van der Waals surface area contributed by atoms with E-state index in [2.05, 4.69) is 6.58 Å². The Bertz CT molecular complexity index is 563. The molecule has 0 aliphatic carbocycles. The zero-order valence-electron chi connectivity index (χ0n) is 12.2. The molecule has 0 unspecified atom stereocenters. The highest BCUT2D eigenvalue weighted by atomic mass is 19.4. The summed E-state index contributed by atoms with van der Waals surface area (Å²) in [6.07, 6.45) is -7.46. The summed E-state index contributed by atoms with van der Waals surface area (Å²) < 4.78 is 165. The summed E-state index contributed by atoms with van der Waals surface area (Å²) >= 11 is 0. The van der Waals surface area contributed by atoms with Gasteiger partial charge in [-0.1, -0.05) is 6.58 Å². The van der Waals surface area contributed by atoms with Gasteiger partial charge in [0.25, 0.3) is 0 Å². The molecule has 0 spiro atoms. The highest BCUT2D eigenvalue weighted by Gasteiger charge is 2.90. The van der Waals surface area contributed by atoms with Gasteiger partial charge >= 0.3 is 35.8 Å². The van der Waals surface area contributed by atoms with E-state index in [1.807, 2.05) is 0 Å². The molecule has 1 N–H and O–H groups in total. The Balaban J connectivity index is 6.00. The Hall–Kier alpha value is -1.70. The van der Waals surface area contributed by atoms with Crippen LogP contribution in [-0.4, -0.2) is 48.2 Å². The van der Waals surface area contributed by atoms with Crippen LogP contribution in [0.4, 0.5) is 57.1 Å². The number of amides is 1. The monoisotopic (exact) mass is 417 g/mol. The van der Waals surface area contributed by atoms with Crippen LogP contribution in [0.1, 0.15) is 6.92 Å². The van der Waals surface area contributed by atoms with Gasteiger partial charge in [0.1, 0.15) is 0 Å². The van der Waals surface area contributed by atoms with Crippen LogP contribution in [0.15, 0.2) is 12.2 Å². The topological polar surface area (TPSA) is 29.1 Å². The van der Waals surface area contributed by atoms with Gasteiger partial charge in [0, 0.05) is 5.57 Å². The first-order valence-electron chi connectivity index (χ1n) is 5.97. The second kappa shape index (κ2) is 6.48. The average molecular weight is 417 g/mol. The lowest BCUT2D eigenvalue weighted by molar-refractivity contribution is -0.439. The predicted octanol–water partition coefficient (Wildman–Crippen LogP) is 4.42. The summed E-state index contributed by atoms with van der Waals surface area (Å²) in [5.41, 5.74) is -0.621. The standard InChI is InChI=1S/C11H8F13NO/c1-4(2)5(26)25-3-6(12,13)7(14,15)8(16,17)9(18,19)10(20,21)11(22,23)24/h1,3H2,2H3,(H,25,26). The van der Waals surface area contributed by atoms with Crippen LogP contribution in [0, 0.1) is 0 Å². The quantitative estimate of drug-likeness (QED) is 0.483. The summed E-state index contributed by atoms with van der Waals surface area (Å²) in [7, 11) is 0. The molecule has 2 nitrogen and oxygen atoms in total. The fourth-order valence-electron chi connectivity index (χ4n) is 1.26. The fraction of sp³-hybridized carbons (Fsp3) is 0.727. The second-order valence-electron chi connectivity index (χ2n) is 4.96. The van der Waals surface area contributed by atoms with Gasteiger partial charge in [-0.25, -0.2) is 0 Å². The maximum absolute atomic E-state index is 13.2. The van der Waals surface area contributed by atoms with E-state index < -0.39 is 53.8 Å². The van der Waals surface area contributed by atoms with Gasteiger partial charge in [-0.2, -0.15) is 57.1 Å². The first-order valence-corrected chi connectivity index (χ1v) is 5.97. The molecule has 0 bridgehead atoms. The minimum Gasteiger partial charge on any atom is -0.346 e. The van der Waals surface area contributed by atoms with Gasteiger partial charge < -0.3 is 5.32 Å². The Morgan fingerprint density at radius 2 is 1.08 bits per heavy atom. The fourth-order valence-corrected chi connectivity index (χ4v) is 1.26. The molecule has 0 saturated carbocycles. The third-order valence-corrected chi connectivity index (χ3v) is 2.86. The van der Waals surface area contributed by atoms with Gasteiger partial charge in [0.05, 0.1) is 6.54 Å². The Morgan fingerprint density at radius 1 is 0.731 bits per heavy atom. The predicted molar refractivity (Wildman–Crippen MR) is 58.6 cm³/mol.